The number of ether oxygens (including phenoxy) is 1. The molecule has 0 saturated carbocycles. The Bertz CT molecular complexity index is 1330. The number of rotatable bonds is 8. The third-order valence-electron chi connectivity index (χ3n) is 6.60. The second kappa shape index (κ2) is 10.1. The highest BCUT2D eigenvalue weighted by atomic mass is 16.5. The molecule has 36 heavy (non-hydrogen) atoms. The van der Waals surface area contributed by atoms with Crippen LogP contribution in [-0.2, 0) is 24.1 Å². The third-order valence-corrected chi connectivity index (χ3v) is 6.60. The lowest BCUT2D eigenvalue weighted by Crippen LogP contribution is -2.46. The molecule has 1 heterocycles. The number of carboxylic acids is 1. The second-order valence-corrected chi connectivity index (χ2v) is 9.05. The number of hydrogen-bond donors (Lipinski definition) is 5. The standard InChI is InChI=1S/C29H29N3O4/c1-36-22-12-13-23-20(17-22)9-14-24-27(23)30-25(15-18-5-3-2-4-6-18)28(31-24)32-26(29(34)35)16-19-7-10-21(33)11-8-19/h2-8,10-13,17,26,30-33H,9,14-16H2,1H3,(H,34,35). The molecular weight excluding hydrogens is 454 g/mol. The zero-order chi connectivity index (χ0) is 25.1. The molecule has 1 aliphatic heterocycles. The van der Waals surface area contributed by atoms with Crippen LogP contribution in [0.4, 0.5) is 0 Å². The van der Waals surface area contributed by atoms with E-state index >= 15 is 0 Å². The molecule has 3 aromatic rings. The first kappa shape index (κ1) is 23.4. The maximum absolute atomic E-state index is 12.2. The lowest BCUT2D eigenvalue weighted by molar-refractivity contribution is -0.139. The maximum Gasteiger partial charge on any atom is 0.326 e. The summed E-state index contributed by atoms with van der Waals surface area (Å²) in [6.07, 6.45) is 2.52. The lowest BCUT2D eigenvalue weighted by Gasteiger charge is -2.34. The number of carbonyl (C=O) groups is 1. The van der Waals surface area contributed by atoms with Crippen LogP contribution in [0.1, 0.15) is 28.7 Å². The van der Waals surface area contributed by atoms with E-state index in [1.807, 2.05) is 24.3 Å². The molecule has 0 saturated heterocycles. The zero-order valence-electron chi connectivity index (χ0n) is 20.0. The highest BCUT2D eigenvalue weighted by molar-refractivity contribution is 5.76. The van der Waals surface area contributed by atoms with Gasteiger partial charge in [-0.25, -0.2) is 4.79 Å². The number of aliphatic carboxylic acids is 1. The summed E-state index contributed by atoms with van der Waals surface area (Å²) >= 11 is 0. The lowest BCUT2D eigenvalue weighted by atomic mass is 9.90. The summed E-state index contributed by atoms with van der Waals surface area (Å²) < 4.78 is 5.41. The van der Waals surface area contributed by atoms with E-state index in [2.05, 4.69) is 40.2 Å². The number of hydrogen-bond acceptors (Lipinski definition) is 6. The van der Waals surface area contributed by atoms with E-state index in [1.54, 1.807) is 31.4 Å². The number of methoxy groups -OCH3 is 1. The first-order valence-electron chi connectivity index (χ1n) is 12.0. The smallest absolute Gasteiger partial charge is 0.326 e. The van der Waals surface area contributed by atoms with Crippen LogP contribution in [0.2, 0.25) is 0 Å². The van der Waals surface area contributed by atoms with Gasteiger partial charge in [-0.05, 0) is 59.9 Å². The van der Waals surface area contributed by atoms with Gasteiger partial charge >= 0.3 is 5.97 Å². The Morgan fingerprint density at radius 3 is 2.50 bits per heavy atom. The average Bonchev–Trinajstić information content (AvgIpc) is 2.90. The van der Waals surface area contributed by atoms with Crippen molar-refractivity contribution in [3.63, 3.8) is 0 Å². The highest BCUT2D eigenvalue weighted by Gasteiger charge is 2.28. The molecule has 2 aliphatic rings. The summed E-state index contributed by atoms with van der Waals surface area (Å²) in [5.74, 6) is 0.708. The molecule has 0 spiro atoms. The topological polar surface area (TPSA) is 103 Å². The van der Waals surface area contributed by atoms with E-state index in [0.29, 0.717) is 12.2 Å². The van der Waals surface area contributed by atoms with Crippen LogP contribution in [0.25, 0.3) is 5.70 Å². The van der Waals surface area contributed by atoms with E-state index in [1.165, 1.54) is 5.56 Å². The van der Waals surface area contributed by atoms with Crippen LogP contribution in [-0.4, -0.2) is 29.3 Å². The Morgan fingerprint density at radius 1 is 1.00 bits per heavy atom. The molecule has 5 N–H and O–H groups in total. The van der Waals surface area contributed by atoms with E-state index < -0.39 is 12.0 Å². The Morgan fingerprint density at radius 2 is 1.78 bits per heavy atom. The SMILES string of the molecule is COc1ccc2c(c1)CCC1=C2NC(Cc2ccccc2)=C(NC(Cc2ccc(O)cc2)C(=O)O)N1. The van der Waals surface area contributed by atoms with Gasteiger partial charge in [-0.3, -0.25) is 0 Å². The van der Waals surface area contributed by atoms with Crippen LogP contribution < -0.4 is 20.7 Å². The van der Waals surface area contributed by atoms with Crippen molar-refractivity contribution >= 4 is 11.7 Å². The largest absolute Gasteiger partial charge is 0.508 e. The number of benzene rings is 3. The fourth-order valence-electron chi connectivity index (χ4n) is 4.70. The van der Waals surface area contributed by atoms with Crippen LogP contribution in [0.15, 0.2) is 90.0 Å². The summed E-state index contributed by atoms with van der Waals surface area (Å²) in [7, 11) is 1.67. The van der Waals surface area contributed by atoms with Gasteiger partial charge in [0, 0.05) is 24.1 Å². The number of phenolic OH excluding ortho intramolecular Hbond substituents is 1. The number of aromatic hydroxyl groups is 1. The Kier molecular flexibility index (Phi) is 6.54. The Labute approximate surface area is 210 Å². The van der Waals surface area contributed by atoms with Crippen molar-refractivity contribution in [3.8, 4) is 11.5 Å². The average molecular weight is 484 g/mol. The third kappa shape index (κ3) is 5.00. The number of aryl methyl sites for hydroxylation is 1. The summed E-state index contributed by atoms with van der Waals surface area (Å²) in [5.41, 5.74) is 7.19. The molecule has 0 amide bonds. The number of fused-ring (bicyclic) bond motifs is 2. The molecule has 184 valence electrons. The molecule has 7 nitrogen and oxygen atoms in total. The molecule has 1 aliphatic carbocycles. The van der Waals surface area contributed by atoms with Gasteiger partial charge in [0.05, 0.1) is 18.5 Å². The predicted molar refractivity (Wildman–Crippen MR) is 138 cm³/mol. The predicted octanol–water partition coefficient (Wildman–Crippen LogP) is 3.91. The number of nitrogens with one attached hydrogen (secondary N) is 3. The molecule has 0 aromatic heterocycles. The number of carboxylic acid groups (broad SMARTS) is 1. The van der Waals surface area contributed by atoms with Gasteiger partial charge in [0.2, 0.25) is 0 Å². The fraction of sp³-hybridized carbons (Fsp3) is 0.207. The normalized spacial score (nSPS) is 15.2. The Hall–Kier alpha value is -4.39. The number of phenols is 1. The minimum absolute atomic E-state index is 0.152. The van der Waals surface area contributed by atoms with Crippen molar-refractivity contribution in [3.05, 3.63) is 112 Å². The quantitative estimate of drug-likeness (QED) is 0.331. The molecule has 0 bridgehead atoms. The van der Waals surface area contributed by atoms with Crippen molar-refractivity contribution in [1.29, 1.82) is 0 Å². The van der Waals surface area contributed by atoms with Gasteiger partial charge in [0.25, 0.3) is 0 Å². The van der Waals surface area contributed by atoms with Gasteiger partial charge in [-0.2, -0.15) is 0 Å². The van der Waals surface area contributed by atoms with E-state index in [0.717, 1.165) is 52.4 Å². The van der Waals surface area contributed by atoms with Crippen molar-refractivity contribution < 1.29 is 19.7 Å². The van der Waals surface area contributed by atoms with E-state index in [4.69, 9.17) is 4.74 Å². The molecule has 0 fully saturated rings. The van der Waals surface area contributed by atoms with Gasteiger partial charge in [0.15, 0.2) is 0 Å². The Balaban J connectivity index is 1.46. The van der Waals surface area contributed by atoms with Gasteiger partial charge in [0.1, 0.15) is 23.4 Å². The zero-order valence-corrected chi connectivity index (χ0v) is 20.0. The molecule has 5 rings (SSSR count). The molecule has 1 atom stereocenters. The summed E-state index contributed by atoms with van der Waals surface area (Å²) in [6.45, 7) is 0. The van der Waals surface area contributed by atoms with Crippen LogP contribution in [0, 0.1) is 0 Å². The van der Waals surface area contributed by atoms with Crippen LogP contribution in [0.5, 0.6) is 11.5 Å². The fourth-order valence-corrected chi connectivity index (χ4v) is 4.70. The van der Waals surface area contributed by atoms with Crippen LogP contribution in [0.3, 0.4) is 0 Å². The molecule has 3 aromatic carbocycles. The first-order valence-corrected chi connectivity index (χ1v) is 12.0. The molecule has 1 unspecified atom stereocenters. The van der Waals surface area contributed by atoms with Crippen LogP contribution >= 0.6 is 0 Å². The highest BCUT2D eigenvalue weighted by Crippen LogP contribution is 2.34. The van der Waals surface area contributed by atoms with Crippen molar-refractivity contribution in [2.45, 2.75) is 31.7 Å². The van der Waals surface area contributed by atoms with Gasteiger partial charge in [-0.1, -0.05) is 42.5 Å². The van der Waals surface area contributed by atoms with Crippen molar-refractivity contribution in [1.82, 2.24) is 16.0 Å². The first-order chi connectivity index (χ1) is 17.5. The summed E-state index contributed by atoms with van der Waals surface area (Å²) in [5, 5.41) is 30.0. The second-order valence-electron chi connectivity index (χ2n) is 9.05. The summed E-state index contributed by atoms with van der Waals surface area (Å²) in [6, 6.07) is 22.0. The van der Waals surface area contributed by atoms with E-state index in [9.17, 15) is 15.0 Å². The monoisotopic (exact) mass is 483 g/mol. The molecule has 7 heteroatoms. The van der Waals surface area contributed by atoms with Crippen molar-refractivity contribution in [2.24, 2.45) is 0 Å². The van der Waals surface area contributed by atoms with E-state index in [-0.39, 0.29) is 12.2 Å². The minimum atomic E-state index is -0.947. The summed E-state index contributed by atoms with van der Waals surface area (Å²) in [4.78, 5) is 12.2. The maximum atomic E-state index is 12.2. The van der Waals surface area contributed by atoms with Crippen molar-refractivity contribution in [2.75, 3.05) is 7.11 Å². The van der Waals surface area contributed by atoms with Gasteiger partial charge in [-0.15, -0.1) is 0 Å². The minimum Gasteiger partial charge on any atom is -0.508 e. The number of allylic oxidation sites excluding steroid dienone is 2. The molecular formula is C29H29N3O4. The van der Waals surface area contributed by atoms with Gasteiger partial charge < -0.3 is 30.9 Å². The molecule has 0 radical (unpaired) electrons.